The molecule has 0 saturated heterocycles. The van der Waals surface area contributed by atoms with Crippen LogP contribution in [0.1, 0.15) is 39.0 Å². The topological polar surface area (TPSA) is 57.5 Å². The summed E-state index contributed by atoms with van der Waals surface area (Å²) >= 11 is 0. The van der Waals surface area contributed by atoms with E-state index in [1.165, 1.54) is 0 Å². The summed E-state index contributed by atoms with van der Waals surface area (Å²) in [5.74, 6) is -1.05. The van der Waals surface area contributed by atoms with Gasteiger partial charge in [-0.05, 0) is 31.6 Å². The molecule has 1 aliphatic carbocycles. The fraction of sp³-hybridized carbons (Fsp3) is 0.750. The third kappa shape index (κ3) is 3.67. The van der Waals surface area contributed by atoms with Gasteiger partial charge in [0.15, 0.2) is 0 Å². The van der Waals surface area contributed by atoms with Crippen LogP contribution in [-0.2, 0) is 4.79 Å². The summed E-state index contributed by atoms with van der Waals surface area (Å²) in [6, 6.07) is 0. The summed E-state index contributed by atoms with van der Waals surface area (Å²) in [5.41, 5.74) is 0. The van der Waals surface area contributed by atoms with Crippen molar-refractivity contribution in [2.45, 2.75) is 45.1 Å². The first kappa shape index (κ1) is 12.2. The minimum Gasteiger partial charge on any atom is -0.481 e. The Morgan fingerprint density at radius 2 is 2.27 bits per heavy atom. The lowest BCUT2D eigenvalue weighted by atomic mass is 9.90. The maximum absolute atomic E-state index is 11.1. The van der Waals surface area contributed by atoms with Crippen LogP contribution in [0, 0.1) is 11.8 Å². The highest BCUT2D eigenvalue weighted by atomic mass is 16.4. The van der Waals surface area contributed by atoms with Gasteiger partial charge in [-0.3, -0.25) is 4.79 Å². The second kappa shape index (κ2) is 5.91. The van der Waals surface area contributed by atoms with Crippen LogP contribution in [0.25, 0.3) is 0 Å². The second-order valence-electron chi connectivity index (χ2n) is 4.31. The lowest BCUT2D eigenvalue weighted by Gasteiger charge is -2.15. The Morgan fingerprint density at radius 3 is 2.73 bits per heavy atom. The predicted octanol–water partition coefficient (Wildman–Crippen LogP) is 2.20. The average Bonchev–Trinajstić information content (AvgIpc) is 2.59. The Hall–Kier alpha value is -0.830. The molecule has 2 N–H and O–H groups in total. The van der Waals surface area contributed by atoms with Crippen LogP contribution in [0.3, 0.4) is 0 Å². The van der Waals surface area contributed by atoms with Gasteiger partial charge in [0.1, 0.15) is 0 Å². The monoisotopic (exact) mass is 212 g/mol. The molecular weight excluding hydrogens is 192 g/mol. The van der Waals surface area contributed by atoms with Crippen LogP contribution in [-0.4, -0.2) is 22.3 Å². The molecule has 0 spiro atoms. The van der Waals surface area contributed by atoms with E-state index in [4.69, 9.17) is 5.11 Å². The number of hydrogen-bond acceptors (Lipinski definition) is 2. The number of aliphatic hydroxyl groups excluding tert-OH is 1. The summed E-state index contributed by atoms with van der Waals surface area (Å²) in [7, 11) is 0. The van der Waals surface area contributed by atoms with Gasteiger partial charge in [-0.25, -0.2) is 0 Å². The van der Waals surface area contributed by atoms with Crippen LogP contribution >= 0.6 is 0 Å². The number of carboxylic acid groups (broad SMARTS) is 1. The van der Waals surface area contributed by atoms with E-state index in [1.807, 2.05) is 6.08 Å². The third-order valence-electron chi connectivity index (χ3n) is 3.04. The molecule has 1 fully saturated rings. The molecule has 0 amide bonds. The lowest BCUT2D eigenvalue weighted by molar-refractivity contribution is -0.141. The number of unbranched alkanes of at least 4 members (excludes halogenated alkanes) is 1. The van der Waals surface area contributed by atoms with E-state index in [2.05, 4.69) is 6.92 Å². The van der Waals surface area contributed by atoms with Gasteiger partial charge in [-0.1, -0.05) is 25.5 Å². The maximum Gasteiger partial charge on any atom is 0.310 e. The van der Waals surface area contributed by atoms with Crippen molar-refractivity contribution < 1.29 is 15.0 Å². The maximum atomic E-state index is 11.1. The zero-order chi connectivity index (χ0) is 11.3. The Balaban J connectivity index is 2.54. The molecule has 0 aromatic heterocycles. The summed E-state index contributed by atoms with van der Waals surface area (Å²) in [5, 5.41) is 18.5. The van der Waals surface area contributed by atoms with Crippen molar-refractivity contribution in [3.8, 4) is 0 Å². The minimum absolute atomic E-state index is 0.116. The summed E-state index contributed by atoms with van der Waals surface area (Å²) < 4.78 is 0. The Bertz CT molecular complexity index is 235. The Morgan fingerprint density at radius 1 is 1.53 bits per heavy atom. The van der Waals surface area contributed by atoms with Crippen molar-refractivity contribution >= 4 is 5.97 Å². The van der Waals surface area contributed by atoms with Crippen LogP contribution < -0.4 is 0 Å². The Labute approximate surface area is 90.8 Å². The van der Waals surface area contributed by atoms with E-state index < -0.39 is 11.9 Å². The highest BCUT2D eigenvalue weighted by Gasteiger charge is 2.32. The molecule has 86 valence electrons. The van der Waals surface area contributed by atoms with Gasteiger partial charge in [-0.15, -0.1) is 0 Å². The zero-order valence-electron chi connectivity index (χ0n) is 9.22. The van der Waals surface area contributed by atoms with Crippen molar-refractivity contribution in [2.75, 3.05) is 0 Å². The number of carboxylic acids is 1. The fourth-order valence-corrected chi connectivity index (χ4v) is 2.17. The SMILES string of the molecule is CCC/C=C\C(C(=O)O)C1CCC(O)C1. The molecule has 3 atom stereocenters. The van der Waals surface area contributed by atoms with Crippen molar-refractivity contribution in [1.82, 2.24) is 0 Å². The van der Waals surface area contributed by atoms with Crippen LogP contribution in [0.2, 0.25) is 0 Å². The van der Waals surface area contributed by atoms with Gasteiger partial charge >= 0.3 is 5.97 Å². The first-order valence-corrected chi connectivity index (χ1v) is 5.72. The van der Waals surface area contributed by atoms with Crippen LogP contribution in [0.4, 0.5) is 0 Å². The molecule has 1 rings (SSSR count). The zero-order valence-corrected chi connectivity index (χ0v) is 9.22. The molecule has 0 aliphatic heterocycles. The molecule has 0 aromatic carbocycles. The molecule has 3 unspecified atom stereocenters. The number of aliphatic carboxylic acids is 1. The molecule has 3 heteroatoms. The number of carbonyl (C=O) groups is 1. The van der Waals surface area contributed by atoms with Gasteiger partial charge < -0.3 is 10.2 Å². The van der Waals surface area contributed by atoms with Gasteiger partial charge in [0.05, 0.1) is 12.0 Å². The van der Waals surface area contributed by atoms with Crippen molar-refractivity contribution in [2.24, 2.45) is 11.8 Å². The second-order valence-corrected chi connectivity index (χ2v) is 4.31. The summed E-state index contributed by atoms with van der Waals surface area (Å²) in [6.07, 6.45) is 7.63. The van der Waals surface area contributed by atoms with Gasteiger partial charge in [0, 0.05) is 0 Å². The summed E-state index contributed by atoms with van der Waals surface area (Å²) in [4.78, 5) is 11.1. The van der Waals surface area contributed by atoms with Gasteiger partial charge in [0.2, 0.25) is 0 Å². The molecular formula is C12H20O3. The highest BCUT2D eigenvalue weighted by molar-refractivity contribution is 5.72. The van der Waals surface area contributed by atoms with Gasteiger partial charge in [-0.2, -0.15) is 0 Å². The van der Waals surface area contributed by atoms with Crippen molar-refractivity contribution in [3.05, 3.63) is 12.2 Å². The van der Waals surface area contributed by atoms with Gasteiger partial charge in [0.25, 0.3) is 0 Å². The summed E-state index contributed by atoms with van der Waals surface area (Å²) in [6.45, 7) is 2.07. The number of allylic oxidation sites excluding steroid dienone is 1. The van der Waals surface area contributed by atoms with Crippen molar-refractivity contribution in [3.63, 3.8) is 0 Å². The van der Waals surface area contributed by atoms with E-state index in [9.17, 15) is 9.90 Å². The molecule has 1 aliphatic rings. The number of aliphatic hydroxyl groups is 1. The standard InChI is InChI=1S/C12H20O3/c1-2-3-4-5-11(12(14)15)9-6-7-10(13)8-9/h4-5,9-11,13H,2-3,6-8H2,1H3,(H,14,15)/b5-4-. The molecule has 0 radical (unpaired) electrons. The molecule has 0 heterocycles. The highest BCUT2D eigenvalue weighted by Crippen LogP contribution is 2.32. The number of hydrogen-bond donors (Lipinski definition) is 2. The van der Waals surface area contributed by atoms with E-state index >= 15 is 0 Å². The first-order chi connectivity index (χ1) is 7.15. The first-order valence-electron chi connectivity index (χ1n) is 5.72. The molecule has 15 heavy (non-hydrogen) atoms. The molecule has 0 aromatic rings. The lowest BCUT2D eigenvalue weighted by Crippen LogP contribution is -2.20. The van der Waals surface area contributed by atoms with E-state index in [0.717, 1.165) is 25.7 Å². The largest absolute Gasteiger partial charge is 0.481 e. The van der Waals surface area contributed by atoms with Crippen molar-refractivity contribution in [1.29, 1.82) is 0 Å². The molecule has 0 bridgehead atoms. The molecule has 1 saturated carbocycles. The quantitative estimate of drug-likeness (QED) is 0.687. The minimum atomic E-state index is -0.763. The van der Waals surface area contributed by atoms with E-state index in [1.54, 1.807) is 6.08 Å². The molecule has 3 nitrogen and oxygen atoms in total. The van der Waals surface area contributed by atoms with Crippen LogP contribution in [0.5, 0.6) is 0 Å². The smallest absolute Gasteiger partial charge is 0.310 e. The number of rotatable bonds is 5. The average molecular weight is 212 g/mol. The predicted molar refractivity (Wildman–Crippen MR) is 58.5 cm³/mol. The van der Waals surface area contributed by atoms with Crippen LogP contribution in [0.15, 0.2) is 12.2 Å². The third-order valence-corrected chi connectivity index (χ3v) is 3.04. The fourth-order valence-electron chi connectivity index (χ4n) is 2.17. The van der Waals surface area contributed by atoms with E-state index in [0.29, 0.717) is 6.42 Å². The Kier molecular flexibility index (Phi) is 4.82. The normalized spacial score (nSPS) is 28.4. The van der Waals surface area contributed by atoms with E-state index in [-0.39, 0.29) is 12.0 Å².